The standard InChI is InChI=1S/C19H18N4O4/c1-12(2)17(18(24)21-13-7-9-14(10-8-13)23(26)27)22-11-20-16-6-4-3-5-15(16)19(22)25/h3-12,17H,1-2H3,(H,21,24). The van der Waals surface area contributed by atoms with Gasteiger partial charge < -0.3 is 5.32 Å². The van der Waals surface area contributed by atoms with Gasteiger partial charge in [-0.25, -0.2) is 4.98 Å². The molecule has 0 saturated carbocycles. The highest BCUT2D eigenvalue weighted by molar-refractivity contribution is 5.94. The summed E-state index contributed by atoms with van der Waals surface area (Å²) in [6.07, 6.45) is 1.38. The van der Waals surface area contributed by atoms with Crippen LogP contribution in [0.15, 0.2) is 59.7 Å². The molecule has 8 nitrogen and oxygen atoms in total. The third-order valence-electron chi connectivity index (χ3n) is 4.24. The van der Waals surface area contributed by atoms with Crippen molar-refractivity contribution in [3.8, 4) is 0 Å². The van der Waals surface area contributed by atoms with Crippen molar-refractivity contribution in [2.45, 2.75) is 19.9 Å². The fourth-order valence-electron chi connectivity index (χ4n) is 2.91. The van der Waals surface area contributed by atoms with E-state index in [-0.39, 0.29) is 17.2 Å². The normalized spacial score (nSPS) is 12.1. The minimum absolute atomic E-state index is 0.0663. The van der Waals surface area contributed by atoms with Crippen molar-refractivity contribution in [2.24, 2.45) is 5.92 Å². The van der Waals surface area contributed by atoms with Gasteiger partial charge in [0.1, 0.15) is 6.04 Å². The van der Waals surface area contributed by atoms with Gasteiger partial charge in [-0.05, 0) is 30.2 Å². The molecule has 3 aromatic rings. The maximum Gasteiger partial charge on any atom is 0.269 e. The summed E-state index contributed by atoms with van der Waals surface area (Å²) in [5.41, 5.74) is 0.622. The Balaban J connectivity index is 1.93. The maximum absolute atomic E-state index is 12.8. The lowest BCUT2D eigenvalue weighted by atomic mass is 10.0. The van der Waals surface area contributed by atoms with Crippen LogP contribution in [0.5, 0.6) is 0 Å². The molecular weight excluding hydrogens is 348 g/mol. The summed E-state index contributed by atoms with van der Waals surface area (Å²) in [6, 6.07) is 11.7. The second kappa shape index (κ2) is 7.36. The number of carbonyl (C=O) groups excluding carboxylic acids is 1. The highest BCUT2D eigenvalue weighted by atomic mass is 16.6. The molecule has 1 aromatic heterocycles. The number of nitrogens with zero attached hydrogens (tertiary/aromatic N) is 3. The Morgan fingerprint density at radius 1 is 1.15 bits per heavy atom. The fraction of sp³-hybridized carbons (Fsp3) is 0.211. The number of benzene rings is 2. The SMILES string of the molecule is CC(C)C(C(=O)Nc1ccc([N+](=O)[O-])cc1)n1cnc2ccccc2c1=O. The van der Waals surface area contributed by atoms with E-state index >= 15 is 0 Å². The zero-order valence-corrected chi connectivity index (χ0v) is 14.8. The molecule has 0 fully saturated rings. The summed E-state index contributed by atoms with van der Waals surface area (Å²) >= 11 is 0. The lowest BCUT2D eigenvalue weighted by Crippen LogP contribution is -2.36. The van der Waals surface area contributed by atoms with Crippen LogP contribution in [0.4, 0.5) is 11.4 Å². The molecule has 8 heteroatoms. The van der Waals surface area contributed by atoms with Gasteiger partial charge in [0.15, 0.2) is 0 Å². The van der Waals surface area contributed by atoms with E-state index < -0.39 is 16.9 Å². The summed E-state index contributed by atoms with van der Waals surface area (Å²) in [7, 11) is 0. The van der Waals surface area contributed by atoms with Crippen LogP contribution in [0.25, 0.3) is 10.9 Å². The number of nitrogens with one attached hydrogen (secondary N) is 1. The van der Waals surface area contributed by atoms with E-state index in [0.29, 0.717) is 16.6 Å². The molecule has 1 unspecified atom stereocenters. The fourth-order valence-corrected chi connectivity index (χ4v) is 2.91. The molecule has 138 valence electrons. The second-order valence-electron chi connectivity index (χ2n) is 6.46. The molecule has 0 spiro atoms. The minimum atomic E-state index is -0.773. The van der Waals surface area contributed by atoms with Gasteiger partial charge in [0, 0.05) is 17.8 Å². The Morgan fingerprint density at radius 2 is 1.81 bits per heavy atom. The molecule has 1 atom stereocenters. The molecule has 0 radical (unpaired) electrons. The van der Waals surface area contributed by atoms with E-state index in [1.165, 1.54) is 35.2 Å². The number of hydrogen-bond donors (Lipinski definition) is 1. The number of nitro benzene ring substituents is 1. The molecule has 1 amide bonds. The number of nitro groups is 1. The van der Waals surface area contributed by atoms with Crippen LogP contribution in [-0.4, -0.2) is 20.4 Å². The van der Waals surface area contributed by atoms with Gasteiger partial charge in [0.05, 0.1) is 22.2 Å². The van der Waals surface area contributed by atoms with E-state index in [1.54, 1.807) is 24.3 Å². The number of para-hydroxylation sites is 1. The first kappa shape index (κ1) is 18.2. The van der Waals surface area contributed by atoms with Gasteiger partial charge in [0.25, 0.3) is 11.2 Å². The van der Waals surface area contributed by atoms with Crippen molar-refractivity contribution in [1.82, 2.24) is 9.55 Å². The van der Waals surface area contributed by atoms with Crippen molar-refractivity contribution in [2.75, 3.05) is 5.32 Å². The molecular formula is C19H18N4O4. The van der Waals surface area contributed by atoms with Crippen molar-refractivity contribution >= 4 is 28.2 Å². The maximum atomic E-state index is 12.8. The van der Waals surface area contributed by atoms with Crippen LogP contribution in [0.2, 0.25) is 0 Å². The first-order valence-electron chi connectivity index (χ1n) is 8.39. The molecule has 1 heterocycles. The highest BCUT2D eigenvalue weighted by Gasteiger charge is 2.26. The number of anilines is 1. The van der Waals surface area contributed by atoms with Crippen LogP contribution in [0.1, 0.15) is 19.9 Å². The smallest absolute Gasteiger partial charge is 0.269 e. The first-order chi connectivity index (χ1) is 12.9. The largest absolute Gasteiger partial charge is 0.324 e. The summed E-state index contributed by atoms with van der Waals surface area (Å²) in [4.78, 5) is 40.1. The van der Waals surface area contributed by atoms with E-state index in [1.807, 2.05) is 13.8 Å². The Labute approximate surface area is 154 Å². The molecule has 0 aliphatic carbocycles. The summed E-state index contributed by atoms with van der Waals surface area (Å²) in [6.45, 7) is 3.67. The molecule has 2 aromatic carbocycles. The summed E-state index contributed by atoms with van der Waals surface area (Å²) in [5.74, 6) is -0.568. The zero-order valence-electron chi connectivity index (χ0n) is 14.8. The van der Waals surface area contributed by atoms with E-state index in [4.69, 9.17) is 0 Å². The number of aromatic nitrogens is 2. The summed E-state index contributed by atoms with van der Waals surface area (Å²) < 4.78 is 1.33. The number of hydrogen-bond acceptors (Lipinski definition) is 5. The van der Waals surface area contributed by atoms with Gasteiger partial charge in [-0.3, -0.25) is 24.3 Å². The van der Waals surface area contributed by atoms with Crippen molar-refractivity contribution in [3.63, 3.8) is 0 Å². The summed E-state index contributed by atoms with van der Waals surface area (Å²) in [5, 5.41) is 13.9. The Hall–Kier alpha value is -3.55. The Morgan fingerprint density at radius 3 is 2.44 bits per heavy atom. The van der Waals surface area contributed by atoms with Gasteiger partial charge >= 0.3 is 0 Å². The van der Waals surface area contributed by atoms with Gasteiger partial charge in [0.2, 0.25) is 5.91 Å². The van der Waals surface area contributed by atoms with Crippen LogP contribution >= 0.6 is 0 Å². The quantitative estimate of drug-likeness (QED) is 0.551. The van der Waals surface area contributed by atoms with Crippen LogP contribution in [0, 0.1) is 16.0 Å². The number of amides is 1. The Bertz CT molecular complexity index is 1060. The topological polar surface area (TPSA) is 107 Å². The molecule has 0 aliphatic rings. The highest BCUT2D eigenvalue weighted by Crippen LogP contribution is 2.21. The number of carbonyl (C=O) groups is 1. The predicted molar refractivity (Wildman–Crippen MR) is 102 cm³/mol. The number of rotatable bonds is 5. The molecule has 1 N–H and O–H groups in total. The average Bonchev–Trinajstić information content (AvgIpc) is 2.64. The third kappa shape index (κ3) is 3.69. The lowest BCUT2D eigenvalue weighted by Gasteiger charge is -2.22. The number of non-ortho nitro benzene ring substituents is 1. The lowest BCUT2D eigenvalue weighted by molar-refractivity contribution is -0.384. The third-order valence-corrected chi connectivity index (χ3v) is 4.24. The predicted octanol–water partition coefficient (Wildman–Crippen LogP) is 3.14. The van der Waals surface area contributed by atoms with Gasteiger partial charge in [-0.15, -0.1) is 0 Å². The van der Waals surface area contributed by atoms with Crippen LogP contribution in [0.3, 0.4) is 0 Å². The molecule has 3 rings (SSSR count). The van der Waals surface area contributed by atoms with E-state index in [2.05, 4.69) is 10.3 Å². The number of fused-ring (bicyclic) bond motifs is 1. The minimum Gasteiger partial charge on any atom is -0.324 e. The Kier molecular flexibility index (Phi) is 4.98. The molecule has 0 aliphatic heterocycles. The van der Waals surface area contributed by atoms with Crippen molar-refractivity contribution in [1.29, 1.82) is 0 Å². The van der Waals surface area contributed by atoms with Crippen molar-refractivity contribution < 1.29 is 9.72 Å². The first-order valence-corrected chi connectivity index (χ1v) is 8.39. The van der Waals surface area contributed by atoms with Crippen LogP contribution < -0.4 is 10.9 Å². The second-order valence-corrected chi connectivity index (χ2v) is 6.46. The zero-order chi connectivity index (χ0) is 19.6. The average molecular weight is 366 g/mol. The molecule has 0 saturated heterocycles. The molecule has 0 bridgehead atoms. The van der Waals surface area contributed by atoms with Gasteiger partial charge in [-0.1, -0.05) is 26.0 Å². The van der Waals surface area contributed by atoms with E-state index in [9.17, 15) is 19.7 Å². The van der Waals surface area contributed by atoms with Crippen molar-refractivity contribution in [3.05, 3.63) is 75.3 Å². The van der Waals surface area contributed by atoms with Gasteiger partial charge in [-0.2, -0.15) is 0 Å². The van der Waals surface area contributed by atoms with Crippen LogP contribution in [-0.2, 0) is 4.79 Å². The monoisotopic (exact) mass is 366 g/mol. The molecule has 27 heavy (non-hydrogen) atoms. The van der Waals surface area contributed by atoms with E-state index in [0.717, 1.165) is 0 Å².